The van der Waals surface area contributed by atoms with Crippen LogP contribution in [0.2, 0.25) is 0 Å². The molecule has 0 aliphatic heterocycles. The standard InChI is InChI=1S/C20H23FN4O3/c1-12(6-13(2)23)11-28-18-5-4-14(7-15(18)9-22)16-8-19(24-10-17(16)21)25-20(26)27-3/h4-5,7-8,10,12-13H,6,11,23H2,1-3H3,(H,24,25,26). The van der Waals surface area contributed by atoms with Gasteiger partial charge in [0.25, 0.3) is 0 Å². The minimum atomic E-state index is -0.715. The van der Waals surface area contributed by atoms with Gasteiger partial charge < -0.3 is 15.2 Å². The van der Waals surface area contributed by atoms with Crippen molar-refractivity contribution >= 4 is 11.9 Å². The van der Waals surface area contributed by atoms with E-state index in [0.717, 1.165) is 12.6 Å². The number of pyridine rings is 1. The van der Waals surface area contributed by atoms with Crippen molar-refractivity contribution in [1.82, 2.24) is 4.98 Å². The predicted octanol–water partition coefficient (Wildman–Crippen LogP) is 3.69. The zero-order valence-corrected chi connectivity index (χ0v) is 16.0. The second-order valence-electron chi connectivity index (χ2n) is 6.62. The second-order valence-corrected chi connectivity index (χ2v) is 6.62. The number of rotatable bonds is 7. The highest BCUT2D eigenvalue weighted by atomic mass is 19.1. The van der Waals surface area contributed by atoms with Crippen molar-refractivity contribution in [2.75, 3.05) is 19.0 Å². The number of hydrogen-bond donors (Lipinski definition) is 2. The fourth-order valence-corrected chi connectivity index (χ4v) is 2.73. The number of benzene rings is 1. The molecule has 0 aliphatic rings. The zero-order valence-electron chi connectivity index (χ0n) is 16.0. The first kappa shape index (κ1) is 21.1. The summed E-state index contributed by atoms with van der Waals surface area (Å²) in [4.78, 5) is 15.1. The average Bonchev–Trinajstić information content (AvgIpc) is 2.67. The minimum Gasteiger partial charge on any atom is -0.492 e. The molecule has 0 saturated carbocycles. The highest BCUT2D eigenvalue weighted by Crippen LogP contribution is 2.29. The van der Waals surface area contributed by atoms with Gasteiger partial charge in [-0.3, -0.25) is 5.32 Å². The third-order valence-corrected chi connectivity index (χ3v) is 3.98. The van der Waals surface area contributed by atoms with Crippen LogP contribution in [-0.2, 0) is 4.74 Å². The first-order valence-electron chi connectivity index (χ1n) is 8.77. The molecule has 2 aromatic rings. The molecule has 2 rings (SSSR count). The van der Waals surface area contributed by atoms with Crippen LogP contribution in [0.1, 0.15) is 25.8 Å². The lowest BCUT2D eigenvalue weighted by Gasteiger charge is -2.16. The van der Waals surface area contributed by atoms with Crippen molar-refractivity contribution < 1.29 is 18.7 Å². The number of methoxy groups -OCH3 is 1. The number of nitrogens with zero attached hydrogens (tertiary/aromatic N) is 2. The first-order valence-corrected chi connectivity index (χ1v) is 8.77. The predicted molar refractivity (Wildman–Crippen MR) is 103 cm³/mol. The molecule has 7 nitrogen and oxygen atoms in total. The van der Waals surface area contributed by atoms with Crippen molar-refractivity contribution in [1.29, 1.82) is 5.26 Å². The zero-order chi connectivity index (χ0) is 20.7. The summed E-state index contributed by atoms with van der Waals surface area (Å²) in [7, 11) is 1.22. The minimum absolute atomic E-state index is 0.0684. The van der Waals surface area contributed by atoms with Crippen LogP contribution in [0.15, 0.2) is 30.5 Å². The number of amides is 1. The lowest BCUT2D eigenvalue weighted by atomic mass is 10.0. The molecule has 1 amide bonds. The molecular weight excluding hydrogens is 363 g/mol. The van der Waals surface area contributed by atoms with Crippen LogP contribution in [-0.4, -0.2) is 30.8 Å². The number of ether oxygens (including phenoxy) is 2. The third kappa shape index (κ3) is 5.66. The van der Waals surface area contributed by atoms with E-state index in [9.17, 15) is 14.4 Å². The van der Waals surface area contributed by atoms with Gasteiger partial charge in [0.1, 0.15) is 23.5 Å². The van der Waals surface area contributed by atoms with E-state index < -0.39 is 11.9 Å². The third-order valence-electron chi connectivity index (χ3n) is 3.98. The van der Waals surface area contributed by atoms with Gasteiger partial charge in [-0.05, 0) is 43.0 Å². The van der Waals surface area contributed by atoms with Gasteiger partial charge in [0.15, 0.2) is 0 Å². The molecule has 8 heteroatoms. The Bertz CT molecular complexity index is 880. The van der Waals surface area contributed by atoms with Gasteiger partial charge in [0.2, 0.25) is 0 Å². The fraction of sp³-hybridized carbons (Fsp3) is 0.350. The van der Waals surface area contributed by atoms with Gasteiger partial charge in [-0.15, -0.1) is 0 Å². The average molecular weight is 386 g/mol. The van der Waals surface area contributed by atoms with Crippen LogP contribution in [0.25, 0.3) is 11.1 Å². The summed E-state index contributed by atoms with van der Waals surface area (Å²) in [6.45, 7) is 4.37. The number of carbonyl (C=O) groups excluding carboxylic acids is 1. The van der Waals surface area contributed by atoms with E-state index in [1.165, 1.54) is 19.2 Å². The normalized spacial score (nSPS) is 12.6. The molecule has 2 unspecified atom stereocenters. The maximum absolute atomic E-state index is 14.3. The fourth-order valence-electron chi connectivity index (χ4n) is 2.73. The molecule has 28 heavy (non-hydrogen) atoms. The molecule has 0 saturated heterocycles. The maximum atomic E-state index is 14.3. The molecule has 0 radical (unpaired) electrons. The molecule has 1 aromatic heterocycles. The quantitative estimate of drug-likeness (QED) is 0.751. The van der Waals surface area contributed by atoms with Gasteiger partial charge in [-0.25, -0.2) is 14.2 Å². The summed E-state index contributed by atoms with van der Waals surface area (Å²) >= 11 is 0. The lowest BCUT2D eigenvalue weighted by molar-refractivity contribution is 0.187. The number of halogens is 1. The van der Waals surface area contributed by atoms with Gasteiger partial charge >= 0.3 is 6.09 Å². The highest BCUT2D eigenvalue weighted by Gasteiger charge is 2.14. The van der Waals surface area contributed by atoms with Crippen molar-refractivity contribution in [2.24, 2.45) is 11.7 Å². The molecule has 0 aliphatic carbocycles. The van der Waals surface area contributed by atoms with E-state index in [4.69, 9.17) is 10.5 Å². The largest absolute Gasteiger partial charge is 0.492 e. The first-order chi connectivity index (χ1) is 13.3. The summed E-state index contributed by atoms with van der Waals surface area (Å²) in [5, 5.41) is 11.8. The molecule has 0 bridgehead atoms. The summed E-state index contributed by atoms with van der Waals surface area (Å²) in [5.41, 5.74) is 6.72. The SMILES string of the molecule is COC(=O)Nc1cc(-c2ccc(OCC(C)CC(C)N)c(C#N)c2)c(F)cn1. The number of aromatic nitrogens is 1. The Kier molecular flexibility index (Phi) is 7.29. The van der Waals surface area contributed by atoms with Gasteiger partial charge in [0, 0.05) is 11.6 Å². The number of carbonyl (C=O) groups is 1. The molecule has 2 atom stereocenters. The molecule has 3 N–H and O–H groups in total. The number of nitrogens with one attached hydrogen (secondary N) is 1. The Hall–Kier alpha value is -3.18. The topological polar surface area (TPSA) is 110 Å². The summed E-state index contributed by atoms with van der Waals surface area (Å²) in [5.74, 6) is 0.200. The summed E-state index contributed by atoms with van der Waals surface area (Å²) in [6.07, 6.45) is 1.08. The van der Waals surface area contributed by atoms with Gasteiger partial charge in [-0.1, -0.05) is 13.0 Å². The van der Waals surface area contributed by atoms with Crippen LogP contribution in [0.3, 0.4) is 0 Å². The van der Waals surface area contributed by atoms with Crippen LogP contribution < -0.4 is 15.8 Å². The number of nitrogens with two attached hydrogens (primary N) is 1. The Morgan fingerprint density at radius 3 is 2.79 bits per heavy atom. The number of anilines is 1. The molecule has 1 aromatic carbocycles. The Balaban J connectivity index is 2.25. The van der Waals surface area contributed by atoms with Gasteiger partial charge in [-0.2, -0.15) is 5.26 Å². The highest BCUT2D eigenvalue weighted by molar-refractivity contribution is 5.84. The van der Waals surface area contributed by atoms with Crippen molar-refractivity contribution in [3.05, 3.63) is 41.8 Å². The molecule has 0 fully saturated rings. The Labute approximate surface area is 163 Å². The van der Waals surface area contributed by atoms with E-state index in [-0.39, 0.29) is 28.9 Å². The van der Waals surface area contributed by atoms with Crippen LogP contribution in [0.4, 0.5) is 15.0 Å². The van der Waals surface area contributed by atoms with Crippen LogP contribution in [0.5, 0.6) is 5.75 Å². The smallest absolute Gasteiger partial charge is 0.412 e. The van der Waals surface area contributed by atoms with E-state index in [0.29, 0.717) is 17.9 Å². The van der Waals surface area contributed by atoms with Crippen molar-refractivity contribution in [2.45, 2.75) is 26.3 Å². The molecule has 148 valence electrons. The van der Waals surface area contributed by atoms with E-state index in [1.807, 2.05) is 13.8 Å². The van der Waals surface area contributed by atoms with E-state index in [2.05, 4.69) is 21.1 Å². The summed E-state index contributed by atoms with van der Waals surface area (Å²) in [6, 6.07) is 8.31. The van der Waals surface area contributed by atoms with Gasteiger partial charge in [0.05, 0.1) is 25.5 Å². The maximum Gasteiger partial charge on any atom is 0.412 e. The van der Waals surface area contributed by atoms with E-state index in [1.54, 1.807) is 12.1 Å². The van der Waals surface area contributed by atoms with Crippen molar-refractivity contribution in [3.8, 4) is 22.9 Å². The number of nitriles is 1. The van der Waals surface area contributed by atoms with E-state index >= 15 is 0 Å². The van der Waals surface area contributed by atoms with Crippen LogP contribution >= 0.6 is 0 Å². The molecule has 1 heterocycles. The Morgan fingerprint density at radius 1 is 1.39 bits per heavy atom. The number of hydrogen-bond acceptors (Lipinski definition) is 6. The lowest BCUT2D eigenvalue weighted by Crippen LogP contribution is -2.21. The Morgan fingerprint density at radius 2 is 2.14 bits per heavy atom. The summed E-state index contributed by atoms with van der Waals surface area (Å²) < 4.78 is 24.5. The monoisotopic (exact) mass is 386 g/mol. The molecule has 0 spiro atoms. The van der Waals surface area contributed by atoms with Crippen LogP contribution in [0, 0.1) is 23.1 Å². The molecular formula is C20H23FN4O3. The second kappa shape index (κ2) is 9.67. The van der Waals surface area contributed by atoms with Crippen molar-refractivity contribution in [3.63, 3.8) is 0 Å².